The first-order valence-corrected chi connectivity index (χ1v) is 10.8. The van der Waals surface area contributed by atoms with Gasteiger partial charge in [0.25, 0.3) is 0 Å². The van der Waals surface area contributed by atoms with Crippen molar-refractivity contribution in [2.24, 2.45) is 12.5 Å². The second kappa shape index (κ2) is 7.81. The Balaban J connectivity index is 1.55. The quantitative estimate of drug-likeness (QED) is 0.486. The summed E-state index contributed by atoms with van der Waals surface area (Å²) >= 11 is 0. The maximum absolute atomic E-state index is 9.51. The van der Waals surface area contributed by atoms with E-state index in [1.807, 2.05) is 18.2 Å². The van der Waals surface area contributed by atoms with E-state index in [-0.39, 0.29) is 11.5 Å². The molecule has 1 aromatic carbocycles. The highest BCUT2D eigenvalue weighted by Crippen LogP contribution is 2.41. The number of anilines is 1. The first-order valence-electron chi connectivity index (χ1n) is 10.8. The van der Waals surface area contributed by atoms with E-state index in [1.54, 1.807) is 17.9 Å². The Hall–Kier alpha value is -4.06. The number of H-pyrrole nitrogens is 1. The van der Waals surface area contributed by atoms with Gasteiger partial charge in [0.2, 0.25) is 0 Å². The average Bonchev–Trinajstić information content (AvgIpc) is 3.39. The highest BCUT2D eigenvalue weighted by molar-refractivity contribution is 5.92. The maximum atomic E-state index is 9.51. The summed E-state index contributed by atoms with van der Waals surface area (Å²) < 4.78 is 13.0. The molecule has 3 aromatic heterocycles. The Labute approximate surface area is 191 Å². The number of hydrogen-bond acceptors (Lipinski definition) is 7. The third kappa shape index (κ3) is 3.74. The largest absolute Gasteiger partial charge is 0.486 e. The fourth-order valence-electron chi connectivity index (χ4n) is 4.14. The van der Waals surface area contributed by atoms with Crippen molar-refractivity contribution in [1.82, 2.24) is 24.7 Å². The molecule has 0 spiro atoms. The molecule has 0 saturated heterocycles. The van der Waals surface area contributed by atoms with Gasteiger partial charge in [0, 0.05) is 7.05 Å². The van der Waals surface area contributed by atoms with Gasteiger partial charge in [-0.1, -0.05) is 26.8 Å². The van der Waals surface area contributed by atoms with Crippen molar-refractivity contribution in [3.8, 4) is 28.8 Å². The van der Waals surface area contributed by atoms with Gasteiger partial charge in [-0.05, 0) is 29.2 Å². The summed E-state index contributed by atoms with van der Waals surface area (Å²) in [6, 6.07) is 10.2. The lowest BCUT2D eigenvalue weighted by molar-refractivity contribution is 0.171. The van der Waals surface area contributed by atoms with Crippen molar-refractivity contribution in [3.63, 3.8) is 0 Å². The van der Waals surface area contributed by atoms with Gasteiger partial charge in [0.15, 0.2) is 11.5 Å². The van der Waals surface area contributed by atoms with Crippen molar-refractivity contribution in [3.05, 3.63) is 48.0 Å². The average molecular weight is 444 g/mol. The first-order chi connectivity index (χ1) is 15.8. The van der Waals surface area contributed by atoms with Crippen LogP contribution in [-0.2, 0) is 7.05 Å². The molecule has 4 aromatic rings. The van der Waals surface area contributed by atoms with Crippen molar-refractivity contribution in [2.75, 3.05) is 18.5 Å². The van der Waals surface area contributed by atoms with Crippen molar-refractivity contribution < 1.29 is 9.47 Å². The Morgan fingerprint density at radius 1 is 1.15 bits per heavy atom. The number of aromatic amines is 1. The van der Waals surface area contributed by atoms with Gasteiger partial charge >= 0.3 is 0 Å². The first kappa shape index (κ1) is 20.8. The fourth-order valence-corrected chi connectivity index (χ4v) is 4.14. The molecule has 9 heteroatoms. The van der Waals surface area contributed by atoms with Crippen LogP contribution in [0.3, 0.4) is 0 Å². The third-order valence-electron chi connectivity index (χ3n) is 5.81. The molecule has 33 heavy (non-hydrogen) atoms. The zero-order valence-electron chi connectivity index (χ0n) is 19.0. The minimum atomic E-state index is -0.127. The zero-order valence-corrected chi connectivity index (χ0v) is 19.0. The number of fused-ring (bicyclic) bond motifs is 2. The van der Waals surface area contributed by atoms with Gasteiger partial charge in [0.1, 0.15) is 42.8 Å². The number of hydrogen-bond donors (Lipinski definition) is 2. The van der Waals surface area contributed by atoms with Crippen LogP contribution in [0.1, 0.15) is 38.1 Å². The van der Waals surface area contributed by atoms with E-state index in [9.17, 15) is 5.26 Å². The van der Waals surface area contributed by atoms with Gasteiger partial charge in [-0.3, -0.25) is 4.68 Å². The topological polar surface area (TPSA) is 114 Å². The van der Waals surface area contributed by atoms with Gasteiger partial charge < -0.3 is 19.8 Å². The second-order valence-electron chi connectivity index (χ2n) is 9.16. The van der Waals surface area contributed by atoms with E-state index in [0.29, 0.717) is 30.4 Å². The maximum Gasteiger partial charge on any atom is 0.161 e. The number of aromatic nitrogens is 5. The van der Waals surface area contributed by atoms with Gasteiger partial charge in [-0.15, -0.1) is 0 Å². The summed E-state index contributed by atoms with van der Waals surface area (Å²) in [5.41, 5.74) is 3.61. The molecule has 1 aliphatic rings. The van der Waals surface area contributed by atoms with Crippen LogP contribution in [0.25, 0.3) is 22.3 Å². The normalized spacial score (nSPS) is 14.2. The summed E-state index contributed by atoms with van der Waals surface area (Å²) in [5.74, 6) is 2.23. The molecule has 0 radical (unpaired) electrons. The van der Waals surface area contributed by atoms with Crippen LogP contribution in [0.15, 0.2) is 36.8 Å². The van der Waals surface area contributed by atoms with E-state index >= 15 is 0 Å². The zero-order chi connectivity index (χ0) is 23.2. The highest BCUT2D eigenvalue weighted by Gasteiger charge is 2.29. The third-order valence-corrected chi connectivity index (χ3v) is 5.81. The second-order valence-corrected chi connectivity index (χ2v) is 9.16. The summed E-state index contributed by atoms with van der Waals surface area (Å²) in [5, 5.41) is 18.2. The molecule has 5 rings (SSSR count). The smallest absolute Gasteiger partial charge is 0.161 e. The number of benzene rings is 1. The van der Waals surface area contributed by atoms with Gasteiger partial charge in [0.05, 0.1) is 28.9 Å². The fraction of sp³-hybridized carbons (Fsp3) is 0.333. The predicted octanol–water partition coefficient (Wildman–Crippen LogP) is 4.20. The molecule has 9 nitrogen and oxygen atoms in total. The van der Waals surface area contributed by atoms with Crippen LogP contribution in [0.5, 0.6) is 11.5 Å². The van der Waals surface area contributed by atoms with Crippen LogP contribution in [0.2, 0.25) is 0 Å². The lowest BCUT2D eigenvalue weighted by Gasteiger charge is -2.33. The van der Waals surface area contributed by atoms with E-state index in [4.69, 9.17) is 9.47 Å². The standard InChI is InChI=1S/C24H25N7O2/c1-24(2,3)21(14-5-6-19-20(9-14)33-8-7-32-19)30-23-15-10-17(29-22(15)26-13-27-23)16-12-28-31(4)18(16)11-25/h5-6,9-10,12-13,21H,7-8H2,1-4H3,(H2,26,27,29,30)/t21-/m0/s1. The van der Waals surface area contributed by atoms with Crippen molar-refractivity contribution in [2.45, 2.75) is 26.8 Å². The Morgan fingerprint density at radius 3 is 2.70 bits per heavy atom. The van der Waals surface area contributed by atoms with Crippen LogP contribution >= 0.6 is 0 Å². The Morgan fingerprint density at radius 2 is 1.94 bits per heavy atom. The summed E-state index contributed by atoms with van der Waals surface area (Å²) in [6.07, 6.45) is 3.21. The molecule has 168 valence electrons. The predicted molar refractivity (Wildman–Crippen MR) is 124 cm³/mol. The van der Waals surface area contributed by atoms with Gasteiger partial charge in [-0.2, -0.15) is 10.4 Å². The van der Waals surface area contributed by atoms with Crippen molar-refractivity contribution in [1.29, 1.82) is 5.26 Å². The SMILES string of the molecule is Cn1ncc(-c2cc3c(N[C@@H](c4ccc5c(c4)OCCO5)C(C)(C)C)ncnc3[nH]2)c1C#N. The number of rotatable bonds is 4. The lowest BCUT2D eigenvalue weighted by atomic mass is 9.82. The molecule has 0 aliphatic carbocycles. The van der Waals surface area contributed by atoms with Crippen LogP contribution < -0.4 is 14.8 Å². The molecule has 1 atom stereocenters. The van der Waals surface area contributed by atoms with E-state index in [0.717, 1.165) is 33.7 Å². The monoisotopic (exact) mass is 443 g/mol. The Kier molecular flexibility index (Phi) is 4.93. The highest BCUT2D eigenvalue weighted by atomic mass is 16.6. The van der Waals surface area contributed by atoms with E-state index in [1.165, 1.54) is 6.33 Å². The van der Waals surface area contributed by atoms with Crippen molar-refractivity contribution >= 4 is 16.9 Å². The molecular weight excluding hydrogens is 418 g/mol. The summed E-state index contributed by atoms with van der Waals surface area (Å²) in [4.78, 5) is 12.2. The summed E-state index contributed by atoms with van der Waals surface area (Å²) in [6.45, 7) is 7.64. The van der Waals surface area contributed by atoms with Gasteiger partial charge in [-0.25, -0.2) is 9.97 Å². The van der Waals surface area contributed by atoms with E-state index in [2.05, 4.69) is 58.3 Å². The van der Waals surface area contributed by atoms with Crippen LogP contribution in [0.4, 0.5) is 5.82 Å². The molecule has 0 unspecified atom stereocenters. The molecule has 0 fully saturated rings. The van der Waals surface area contributed by atoms with E-state index < -0.39 is 0 Å². The lowest BCUT2D eigenvalue weighted by Crippen LogP contribution is -2.26. The molecular formula is C24H25N7O2. The molecule has 4 heterocycles. The summed E-state index contributed by atoms with van der Waals surface area (Å²) in [7, 11) is 1.75. The minimum absolute atomic E-state index is 0.0576. The molecule has 0 bridgehead atoms. The number of nitrogens with zero attached hydrogens (tertiary/aromatic N) is 5. The van der Waals surface area contributed by atoms with Crippen LogP contribution in [0, 0.1) is 16.7 Å². The number of aryl methyl sites for hydroxylation is 1. The molecule has 0 saturated carbocycles. The minimum Gasteiger partial charge on any atom is -0.486 e. The molecule has 2 N–H and O–H groups in total. The molecule has 1 aliphatic heterocycles. The number of nitriles is 1. The van der Waals surface area contributed by atoms with Crippen LogP contribution in [-0.4, -0.2) is 37.9 Å². The number of ether oxygens (including phenoxy) is 2. The number of nitrogens with one attached hydrogen (secondary N) is 2. The molecule has 0 amide bonds. The Bertz CT molecular complexity index is 1370.